The lowest BCUT2D eigenvalue weighted by Crippen LogP contribution is -2.36. The highest BCUT2D eigenvalue weighted by atomic mass is 35.5. The Hall–Kier alpha value is -2.03. The zero-order valence-electron chi connectivity index (χ0n) is 12.7. The minimum absolute atomic E-state index is 0. The molecule has 0 aliphatic rings. The Balaban J connectivity index is 0.00000242. The van der Waals surface area contributed by atoms with Crippen molar-refractivity contribution in [1.82, 2.24) is 10.3 Å². The number of amides is 2. The molecule has 4 N–H and O–H groups in total. The van der Waals surface area contributed by atoms with E-state index in [1.54, 1.807) is 23.1 Å². The second kappa shape index (κ2) is 9.19. The van der Waals surface area contributed by atoms with Gasteiger partial charge in [-0.3, -0.25) is 9.59 Å². The molecule has 23 heavy (non-hydrogen) atoms. The molecule has 2 amide bonds. The number of hydrogen-bond donors (Lipinski definition) is 3. The molecule has 2 aromatic rings. The van der Waals surface area contributed by atoms with Gasteiger partial charge in [0.15, 0.2) is 5.58 Å². The largest absolute Gasteiger partial charge is 0.423 e. The van der Waals surface area contributed by atoms with E-state index in [1.807, 2.05) is 14.1 Å². The summed E-state index contributed by atoms with van der Waals surface area (Å²) in [6.45, 7) is -0.276. The Kier molecular flexibility index (Phi) is 8.38. The molecule has 0 bridgehead atoms. The highest BCUT2D eigenvalue weighted by Crippen LogP contribution is 2.23. The Morgan fingerprint density at radius 1 is 1.26 bits per heavy atom. The van der Waals surface area contributed by atoms with Gasteiger partial charge in [-0.25, -0.2) is 0 Å². The maximum Gasteiger partial charge on any atom is 0.297 e. The van der Waals surface area contributed by atoms with Crippen molar-refractivity contribution < 1.29 is 14.0 Å². The fraction of sp³-hybridized carbons (Fsp3) is 0.308. The lowest BCUT2D eigenvalue weighted by atomic mass is 10.3. The van der Waals surface area contributed by atoms with Gasteiger partial charge in [-0.1, -0.05) is 0 Å². The summed E-state index contributed by atoms with van der Waals surface area (Å²) in [6.07, 6.45) is 0. The molecule has 0 aliphatic carbocycles. The minimum atomic E-state index is -0.382. The smallest absolute Gasteiger partial charge is 0.297 e. The van der Waals surface area contributed by atoms with Crippen LogP contribution >= 0.6 is 24.8 Å². The highest BCUT2D eigenvalue weighted by Gasteiger charge is 2.09. The SMILES string of the molecule is CN(C)c1nc2cc(NC(=O)CNC(=O)CN)ccc2o1.Cl.Cl. The number of nitrogens with two attached hydrogens (primary N) is 1. The fourth-order valence-corrected chi connectivity index (χ4v) is 1.64. The highest BCUT2D eigenvalue weighted by molar-refractivity contribution is 5.96. The number of rotatable bonds is 5. The third-order valence-corrected chi connectivity index (χ3v) is 2.67. The van der Waals surface area contributed by atoms with E-state index in [4.69, 9.17) is 10.2 Å². The van der Waals surface area contributed by atoms with Crippen LogP contribution in [0.4, 0.5) is 11.7 Å². The average Bonchev–Trinajstić information content (AvgIpc) is 2.88. The molecule has 0 aliphatic heterocycles. The van der Waals surface area contributed by atoms with Crippen molar-refractivity contribution in [2.45, 2.75) is 0 Å². The van der Waals surface area contributed by atoms with E-state index in [2.05, 4.69) is 15.6 Å². The number of nitrogens with zero attached hydrogens (tertiary/aromatic N) is 2. The van der Waals surface area contributed by atoms with Gasteiger partial charge in [0.2, 0.25) is 11.8 Å². The van der Waals surface area contributed by atoms with E-state index in [0.29, 0.717) is 22.8 Å². The minimum Gasteiger partial charge on any atom is -0.423 e. The lowest BCUT2D eigenvalue weighted by molar-refractivity contribution is -0.123. The number of anilines is 2. The van der Waals surface area contributed by atoms with E-state index >= 15 is 0 Å². The Morgan fingerprint density at radius 2 is 1.96 bits per heavy atom. The molecule has 0 saturated carbocycles. The van der Waals surface area contributed by atoms with Gasteiger partial charge < -0.3 is 25.7 Å². The molecule has 1 aromatic carbocycles. The molecule has 0 radical (unpaired) electrons. The normalized spacial score (nSPS) is 9.52. The first-order valence-electron chi connectivity index (χ1n) is 6.34. The van der Waals surface area contributed by atoms with Gasteiger partial charge in [-0.05, 0) is 18.2 Å². The molecule has 128 valence electrons. The van der Waals surface area contributed by atoms with Crippen LogP contribution in [0.3, 0.4) is 0 Å². The number of hydrogen-bond acceptors (Lipinski definition) is 6. The maximum atomic E-state index is 11.7. The van der Waals surface area contributed by atoms with Crippen molar-refractivity contribution in [3.63, 3.8) is 0 Å². The number of halogens is 2. The van der Waals surface area contributed by atoms with Crippen LogP contribution in [0.1, 0.15) is 0 Å². The Bertz CT molecular complexity index is 675. The first kappa shape index (κ1) is 21.0. The van der Waals surface area contributed by atoms with E-state index in [9.17, 15) is 9.59 Å². The van der Waals surface area contributed by atoms with Crippen LogP contribution in [0.5, 0.6) is 0 Å². The van der Waals surface area contributed by atoms with Crippen molar-refractivity contribution in [1.29, 1.82) is 0 Å². The maximum absolute atomic E-state index is 11.7. The predicted octanol–water partition coefficient (Wildman–Crippen LogP) is 0.751. The fourth-order valence-electron chi connectivity index (χ4n) is 1.64. The van der Waals surface area contributed by atoms with Crippen LogP contribution in [-0.4, -0.2) is 44.0 Å². The number of nitrogens with one attached hydrogen (secondary N) is 2. The second-order valence-electron chi connectivity index (χ2n) is 4.60. The topological polar surface area (TPSA) is 113 Å². The molecule has 10 heteroatoms. The van der Waals surface area contributed by atoms with Crippen LogP contribution < -0.4 is 21.3 Å². The average molecular weight is 364 g/mol. The first-order valence-corrected chi connectivity index (χ1v) is 6.34. The monoisotopic (exact) mass is 363 g/mol. The molecular formula is C13H19Cl2N5O3. The third-order valence-electron chi connectivity index (χ3n) is 2.67. The number of benzene rings is 1. The van der Waals surface area contributed by atoms with Crippen molar-refractivity contribution in [2.24, 2.45) is 5.73 Å². The summed E-state index contributed by atoms with van der Waals surface area (Å²) in [6, 6.07) is 5.62. The summed E-state index contributed by atoms with van der Waals surface area (Å²) in [5.41, 5.74) is 6.98. The van der Waals surface area contributed by atoms with Gasteiger partial charge in [0, 0.05) is 19.8 Å². The molecule has 0 spiro atoms. The third kappa shape index (κ3) is 5.59. The molecular weight excluding hydrogens is 345 g/mol. The summed E-state index contributed by atoms with van der Waals surface area (Å²) in [7, 11) is 3.65. The zero-order valence-corrected chi connectivity index (χ0v) is 14.3. The summed E-state index contributed by atoms with van der Waals surface area (Å²) in [4.78, 5) is 28.7. The standard InChI is InChI=1S/C13H17N5O3.2ClH/c1-18(2)13-17-9-5-8(3-4-10(9)21-13)16-12(20)7-15-11(19)6-14;;/h3-5H,6-7,14H2,1-2H3,(H,15,19)(H,16,20);2*1H. The molecule has 0 atom stereocenters. The van der Waals surface area contributed by atoms with Crippen LogP contribution in [0.25, 0.3) is 11.1 Å². The number of carbonyl (C=O) groups excluding carboxylic acids is 2. The van der Waals surface area contributed by atoms with E-state index < -0.39 is 0 Å². The van der Waals surface area contributed by atoms with Gasteiger partial charge in [0.05, 0.1) is 13.1 Å². The van der Waals surface area contributed by atoms with Gasteiger partial charge >= 0.3 is 0 Å². The number of carbonyl (C=O) groups is 2. The van der Waals surface area contributed by atoms with Gasteiger partial charge in [0.1, 0.15) is 5.52 Å². The van der Waals surface area contributed by atoms with Crippen LogP contribution in [0.2, 0.25) is 0 Å². The summed E-state index contributed by atoms with van der Waals surface area (Å²) in [5.74, 6) is -0.722. The zero-order chi connectivity index (χ0) is 15.4. The molecule has 0 unspecified atom stereocenters. The van der Waals surface area contributed by atoms with Crippen molar-refractivity contribution in [3.05, 3.63) is 18.2 Å². The van der Waals surface area contributed by atoms with Crippen molar-refractivity contribution in [2.75, 3.05) is 37.4 Å². The number of oxazole rings is 1. The van der Waals surface area contributed by atoms with Crippen molar-refractivity contribution >= 4 is 59.4 Å². The molecule has 2 rings (SSSR count). The molecule has 0 saturated heterocycles. The van der Waals surface area contributed by atoms with Gasteiger partial charge in [-0.15, -0.1) is 24.8 Å². The van der Waals surface area contributed by atoms with Crippen molar-refractivity contribution in [3.8, 4) is 0 Å². The van der Waals surface area contributed by atoms with Crippen LogP contribution in [0.15, 0.2) is 22.6 Å². The van der Waals surface area contributed by atoms with Gasteiger partial charge in [0.25, 0.3) is 6.01 Å². The molecule has 1 aromatic heterocycles. The Labute approximate surface area is 145 Å². The van der Waals surface area contributed by atoms with E-state index in [1.165, 1.54) is 0 Å². The van der Waals surface area contributed by atoms with Crippen LogP contribution in [-0.2, 0) is 9.59 Å². The molecule has 1 heterocycles. The summed E-state index contributed by atoms with van der Waals surface area (Å²) >= 11 is 0. The first-order chi connectivity index (χ1) is 9.99. The Morgan fingerprint density at radius 3 is 2.57 bits per heavy atom. The quantitative estimate of drug-likeness (QED) is 0.722. The predicted molar refractivity (Wildman–Crippen MR) is 93.5 cm³/mol. The number of aromatic nitrogens is 1. The van der Waals surface area contributed by atoms with Gasteiger partial charge in [-0.2, -0.15) is 4.98 Å². The molecule has 8 nitrogen and oxygen atoms in total. The lowest BCUT2D eigenvalue weighted by Gasteiger charge is -2.05. The summed E-state index contributed by atoms with van der Waals surface area (Å²) in [5, 5.41) is 5.05. The second-order valence-corrected chi connectivity index (χ2v) is 4.60. The van der Waals surface area contributed by atoms with E-state index in [-0.39, 0.29) is 49.7 Å². The van der Waals surface area contributed by atoms with Crippen LogP contribution in [0, 0.1) is 0 Å². The summed E-state index contributed by atoms with van der Waals surface area (Å²) < 4.78 is 5.51. The number of fused-ring (bicyclic) bond motifs is 1. The molecule has 0 fully saturated rings. The van der Waals surface area contributed by atoms with E-state index in [0.717, 1.165) is 0 Å².